The zero-order valence-electron chi connectivity index (χ0n) is 9.21. The second-order valence-corrected chi connectivity index (χ2v) is 2.34. The van der Waals surface area contributed by atoms with Gasteiger partial charge in [0.2, 0.25) is 0 Å². The van der Waals surface area contributed by atoms with E-state index in [-0.39, 0.29) is 5.92 Å². The van der Waals surface area contributed by atoms with Gasteiger partial charge in [-0.25, -0.2) is 0 Å². The Balaban J connectivity index is 0. The first kappa shape index (κ1) is 15.1. The summed E-state index contributed by atoms with van der Waals surface area (Å²) < 4.78 is 9.94. The molecule has 3 nitrogen and oxygen atoms in total. The van der Waals surface area contributed by atoms with E-state index in [0.29, 0.717) is 19.8 Å². The van der Waals surface area contributed by atoms with Gasteiger partial charge in [0.05, 0.1) is 6.61 Å². The highest BCUT2D eigenvalue weighted by molar-refractivity contribution is 5.53. The minimum atomic E-state index is -0.00472. The van der Waals surface area contributed by atoms with Crippen molar-refractivity contribution in [1.29, 1.82) is 0 Å². The van der Waals surface area contributed by atoms with E-state index < -0.39 is 0 Å². The topological polar surface area (TPSA) is 35.5 Å². The van der Waals surface area contributed by atoms with Gasteiger partial charge >= 0.3 is 0 Å². The van der Waals surface area contributed by atoms with Crippen LogP contribution in [0.3, 0.4) is 0 Å². The summed E-state index contributed by atoms with van der Waals surface area (Å²) in [4.78, 5) is 10.4. The lowest BCUT2D eigenvalue weighted by Crippen LogP contribution is -2.13. The first-order valence-electron chi connectivity index (χ1n) is 4.87. The highest BCUT2D eigenvalue weighted by Gasteiger charge is 2.05. The zero-order valence-corrected chi connectivity index (χ0v) is 9.21. The fraction of sp³-hybridized carbons (Fsp3) is 0.900. The van der Waals surface area contributed by atoms with Crippen molar-refractivity contribution in [3.05, 3.63) is 0 Å². The lowest BCUT2D eigenvalue weighted by atomic mass is 10.1. The molecule has 3 heteroatoms. The van der Waals surface area contributed by atoms with Gasteiger partial charge in [0.25, 0.3) is 0 Å². The Kier molecular flexibility index (Phi) is 16.4. The van der Waals surface area contributed by atoms with Gasteiger partial charge in [-0.15, -0.1) is 0 Å². The zero-order chi connectivity index (χ0) is 10.5. The molecule has 0 radical (unpaired) electrons. The van der Waals surface area contributed by atoms with Crippen LogP contribution in [0.4, 0.5) is 0 Å². The summed E-state index contributed by atoms with van der Waals surface area (Å²) in [5, 5.41) is 0. The predicted molar refractivity (Wildman–Crippen MR) is 53.9 cm³/mol. The number of carbonyl (C=O) groups excluding carboxylic acids is 1. The molecule has 0 bridgehead atoms. The summed E-state index contributed by atoms with van der Waals surface area (Å²) in [5.41, 5.74) is 0. The second-order valence-electron chi connectivity index (χ2n) is 2.34. The maximum atomic E-state index is 10.4. The maximum absolute atomic E-state index is 10.4. The molecular formula is C10H22O3. The van der Waals surface area contributed by atoms with E-state index in [4.69, 9.17) is 9.47 Å². The molecule has 0 saturated heterocycles. The number of hydrogen-bond acceptors (Lipinski definition) is 3. The van der Waals surface area contributed by atoms with Crippen LogP contribution in [0.25, 0.3) is 0 Å². The Morgan fingerprint density at radius 2 is 2.00 bits per heavy atom. The molecule has 0 aliphatic carbocycles. The first-order chi connectivity index (χ1) is 6.35. The molecule has 0 amide bonds. The van der Waals surface area contributed by atoms with Crippen LogP contribution in [0.2, 0.25) is 0 Å². The van der Waals surface area contributed by atoms with Crippen LogP contribution < -0.4 is 0 Å². The summed E-state index contributed by atoms with van der Waals surface area (Å²) in [6.07, 6.45) is 1.68. The number of ether oxygens (including phenoxy) is 2. The molecule has 0 saturated carbocycles. The summed E-state index contributed by atoms with van der Waals surface area (Å²) in [6.45, 7) is 7.72. The predicted octanol–water partition coefficient (Wildman–Crippen LogP) is 1.90. The van der Waals surface area contributed by atoms with Gasteiger partial charge < -0.3 is 14.3 Å². The van der Waals surface area contributed by atoms with Gasteiger partial charge in [-0.05, 0) is 13.3 Å². The standard InChI is InChI=1S/C8H16O3.C2H6/c1-3-11-7-8(6-9)4-5-10-2;1-2/h6,8H,3-5,7H2,1-2H3;1-2H3. The molecule has 0 fully saturated rings. The molecular weight excluding hydrogens is 168 g/mol. The molecule has 1 unspecified atom stereocenters. The van der Waals surface area contributed by atoms with Crippen LogP contribution in [0.1, 0.15) is 27.2 Å². The van der Waals surface area contributed by atoms with Crippen LogP contribution in [-0.4, -0.2) is 33.2 Å². The van der Waals surface area contributed by atoms with Gasteiger partial charge in [0, 0.05) is 26.2 Å². The third-order valence-electron chi connectivity index (χ3n) is 1.42. The van der Waals surface area contributed by atoms with E-state index in [1.807, 2.05) is 20.8 Å². The Labute approximate surface area is 81.4 Å². The van der Waals surface area contributed by atoms with Crippen molar-refractivity contribution in [3.63, 3.8) is 0 Å². The normalized spacial score (nSPS) is 11.4. The summed E-state index contributed by atoms with van der Waals surface area (Å²) in [7, 11) is 1.63. The Hall–Kier alpha value is -0.410. The molecule has 0 N–H and O–H groups in total. The number of hydrogen-bond donors (Lipinski definition) is 0. The van der Waals surface area contributed by atoms with E-state index in [9.17, 15) is 4.79 Å². The molecule has 0 aliphatic heterocycles. The van der Waals surface area contributed by atoms with Crippen molar-refractivity contribution in [2.24, 2.45) is 5.92 Å². The van der Waals surface area contributed by atoms with E-state index in [0.717, 1.165) is 12.7 Å². The quantitative estimate of drug-likeness (QED) is 0.575. The third-order valence-corrected chi connectivity index (χ3v) is 1.42. The monoisotopic (exact) mass is 190 g/mol. The summed E-state index contributed by atoms with van der Waals surface area (Å²) in [6, 6.07) is 0. The average Bonchev–Trinajstić information content (AvgIpc) is 2.21. The minimum absolute atomic E-state index is 0.00472. The van der Waals surface area contributed by atoms with Crippen molar-refractivity contribution in [2.75, 3.05) is 26.9 Å². The Morgan fingerprint density at radius 1 is 1.38 bits per heavy atom. The molecule has 0 spiro atoms. The first-order valence-corrected chi connectivity index (χ1v) is 4.87. The van der Waals surface area contributed by atoms with Gasteiger partial charge in [-0.2, -0.15) is 0 Å². The van der Waals surface area contributed by atoms with Crippen LogP contribution in [0.15, 0.2) is 0 Å². The fourth-order valence-electron chi connectivity index (χ4n) is 0.729. The molecule has 0 aliphatic rings. The SMILES string of the molecule is CC.CCOCC(C=O)CCOC. The molecule has 0 aromatic heterocycles. The third kappa shape index (κ3) is 11.6. The number of carbonyl (C=O) groups is 1. The average molecular weight is 190 g/mol. The summed E-state index contributed by atoms with van der Waals surface area (Å²) in [5.74, 6) is -0.00472. The van der Waals surface area contributed by atoms with Crippen molar-refractivity contribution >= 4 is 6.29 Å². The van der Waals surface area contributed by atoms with Gasteiger partial charge in [-0.1, -0.05) is 13.8 Å². The maximum Gasteiger partial charge on any atom is 0.125 e. The van der Waals surface area contributed by atoms with Gasteiger partial charge in [0.1, 0.15) is 6.29 Å². The fourth-order valence-corrected chi connectivity index (χ4v) is 0.729. The summed E-state index contributed by atoms with van der Waals surface area (Å²) >= 11 is 0. The van der Waals surface area contributed by atoms with Gasteiger partial charge in [0.15, 0.2) is 0 Å². The van der Waals surface area contributed by atoms with Crippen LogP contribution >= 0.6 is 0 Å². The molecule has 0 heterocycles. The van der Waals surface area contributed by atoms with Crippen molar-refractivity contribution in [1.82, 2.24) is 0 Å². The van der Waals surface area contributed by atoms with Crippen LogP contribution in [0, 0.1) is 5.92 Å². The van der Waals surface area contributed by atoms with Crippen molar-refractivity contribution < 1.29 is 14.3 Å². The number of methoxy groups -OCH3 is 1. The Morgan fingerprint density at radius 3 is 2.38 bits per heavy atom. The number of rotatable bonds is 7. The van der Waals surface area contributed by atoms with Gasteiger partial charge in [-0.3, -0.25) is 0 Å². The molecule has 80 valence electrons. The van der Waals surface area contributed by atoms with Crippen molar-refractivity contribution in [3.8, 4) is 0 Å². The molecule has 0 aromatic carbocycles. The largest absolute Gasteiger partial charge is 0.385 e. The van der Waals surface area contributed by atoms with E-state index in [2.05, 4.69) is 0 Å². The Bertz CT molecular complexity index is 86.2. The molecule has 0 rings (SSSR count). The highest BCUT2D eigenvalue weighted by atomic mass is 16.5. The van der Waals surface area contributed by atoms with Crippen LogP contribution in [-0.2, 0) is 14.3 Å². The molecule has 13 heavy (non-hydrogen) atoms. The number of aldehydes is 1. The van der Waals surface area contributed by atoms with Crippen LogP contribution in [0.5, 0.6) is 0 Å². The molecule has 0 aromatic rings. The van der Waals surface area contributed by atoms with E-state index in [1.54, 1.807) is 7.11 Å². The van der Waals surface area contributed by atoms with E-state index >= 15 is 0 Å². The lowest BCUT2D eigenvalue weighted by Gasteiger charge is -2.08. The van der Waals surface area contributed by atoms with E-state index in [1.165, 1.54) is 0 Å². The molecule has 1 atom stereocenters. The smallest absolute Gasteiger partial charge is 0.125 e. The lowest BCUT2D eigenvalue weighted by molar-refractivity contribution is -0.113. The van der Waals surface area contributed by atoms with Crippen molar-refractivity contribution in [2.45, 2.75) is 27.2 Å². The second kappa shape index (κ2) is 14.1. The highest BCUT2D eigenvalue weighted by Crippen LogP contribution is 1.99. The minimum Gasteiger partial charge on any atom is -0.385 e.